The molecule has 0 bridgehead atoms. The molecule has 1 heterocycles. The molecule has 1 aliphatic heterocycles. The van der Waals surface area contributed by atoms with Crippen LogP contribution in [0.2, 0.25) is 0 Å². The molecule has 0 aromatic heterocycles. The van der Waals surface area contributed by atoms with E-state index in [4.69, 9.17) is 9.47 Å². The average molecular weight is 411 g/mol. The predicted molar refractivity (Wildman–Crippen MR) is 95.3 cm³/mol. The van der Waals surface area contributed by atoms with Gasteiger partial charge in [-0.1, -0.05) is 13.8 Å². The summed E-state index contributed by atoms with van der Waals surface area (Å²) in [6.45, 7) is 6.87. The predicted octanol–water partition coefficient (Wildman–Crippen LogP) is 2.63. The fraction of sp³-hybridized carbons (Fsp3) is 0.353. The monoisotopic (exact) mass is 410 g/mol. The van der Waals surface area contributed by atoms with Crippen molar-refractivity contribution in [1.82, 2.24) is 10.6 Å². The van der Waals surface area contributed by atoms with Crippen LogP contribution in [-0.4, -0.2) is 31.1 Å². The second kappa shape index (κ2) is 8.15. The van der Waals surface area contributed by atoms with Gasteiger partial charge in [-0.05, 0) is 52.5 Å². The molecule has 0 unspecified atom stereocenters. The van der Waals surface area contributed by atoms with Crippen molar-refractivity contribution in [3.63, 3.8) is 0 Å². The molecule has 4 amide bonds. The van der Waals surface area contributed by atoms with E-state index in [0.717, 1.165) is 0 Å². The van der Waals surface area contributed by atoms with Gasteiger partial charge in [0.15, 0.2) is 11.5 Å². The van der Waals surface area contributed by atoms with E-state index in [2.05, 4.69) is 15.9 Å². The number of benzene rings is 1. The number of halogens is 1. The zero-order chi connectivity index (χ0) is 18.6. The minimum Gasteiger partial charge on any atom is -0.490 e. The zero-order valence-corrected chi connectivity index (χ0v) is 15.7. The molecule has 0 aliphatic carbocycles. The largest absolute Gasteiger partial charge is 0.490 e. The Kier molecular flexibility index (Phi) is 6.19. The molecule has 0 atom stereocenters. The summed E-state index contributed by atoms with van der Waals surface area (Å²) >= 11 is 3.43. The van der Waals surface area contributed by atoms with Crippen LogP contribution in [0.25, 0.3) is 6.08 Å². The second-order valence-electron chi connectivity index (χ2n) is 5.76. The summed E-state index contributed by atoms with van der Waals surface area (Å²) in [5.41, 5.74) is 0.395. The van der Waals surface area contributed by atoms with Gasteiger partial charge < -0.3 is 9.47 Å². The molecule has 2 N–H and O–H groups in total. The van der Waals surface area contributed by atoms with Gasteiger partial charge >= 0.3 is 6.03 Å². The zero-order valence-electron chi connectivity index (χ0n) is 14.1. The van der Waals surface area contributed by atoms with E-state index < -0.39 is 17.8 Å². The van der Waals surface area contributed by atoms with Crippen LogP contribution in [0.15, 0.2) is 22.2 Å². The first-order valence-electron chi connectivity index (χ1n) is 7.79. The van der Waals surface area contributed by atoms with Crippen LogP contribution in [0.3, 0.4) is 0 Å². The third-order valence-electron chi connectivity index (χ3n) is 3.15. The third-order valence-corrected chi connectivity index (χ3v) is 3.74. The van der Waals surface area contributed by atoms with Crippen molar-refractivity contribution in [3.05, 3.63) is 27.7 Å². The second-order valence-corrected chi connectivity index (χ2v) is 6.62. The quantitative estimate of drug-likeness (QED) is 0.555. The smallest absolute Gasteiger partial charge is 0.328 e. The number of hydrogen-bond donors (Lipinski definition) is 2. The Morgan fingerprint density at radius 1 is 1.12 bits per heavy atom. The number of carbonyl (C=O) groups excluding carboxylic acids is 3. The van der Waals surface area contributed by atoms with Crippen LogP contribution in [0, 0.1) is 5.92 Å². The van der Waals surface area contributed by atoms with Crippen LogP contribution in [0.4, 0.5) is 4.79 Å². The van der Waals surface area contributed by atoms with Crippen LogP contribution in [0.1, 0.15) is 26.3 Å². The van der Waals surface area contributed by atoms with Crippen LogP contribution in [-0.2, 0) is 9.59 Å². The van der Waals surface area contributed by atoms with Gasteiger partial charge in [-0.25, -0.2) is 4.79 Å². The molecule has 1 aromatic carbocycles. The summed E-state index contributed by atoms with van der Waals surface area (Å²) in [7, 11) is 0. The summed E-state index contributed by atoms with van der Waals surface area (Å²) in [6.07, 6.45) is 1.39. The van der Waals surface area contributed by atoms with Crippen molar-refractivity contribution < 1.29 is 23.9 Å². The highest BCUT2D eigenvalue weighted by atomic mass is 79.9. The Morgan fingerprint density at radius 2 is 1.76 bits per heavy atom. The number of amides is 4. The minimum atomic E-state index is -0.833. The molecule has 1 aromatic rings. The lowest BCUT2D eigenvalue weighted by Crippen LogP contribution is -2.51. The molecule has 0 saturated carbocycles. The maximum absolute atomic E-state index is 11.8. The van der Waals surface area contributed by atoms with Crippen LogP contribution in [0.5, 0.6) is 11.5 Å². The van der Waals surface area contributed by atoms with Gasteiger partial charge in [0.25, 0.3) is 11.8 Å². The Morgan fingerprint density at radius 3 is 2.32 bits per heavy atom. The first-order chi connectivity index (χ1) is 11.8. The number of urea groups is 1. The molecule has 2 rings (SSSR count). The van der Waals surface area contributed by atoms with Gasteiger partial charge in [0.1, 0.15) is 5.57 Å². The van der Waals surface area contributed by atoms with Crippen molar-refractivity contribution in [2.75, 3.05) is 13.2 Å². The van der Waals surface area contributed by atoms with E-state index in [1.165, 1.54) is 6.08 Å². The van der Waals surface area contributed by atoms with E-state index in [9.17, 15) is 14.4 Å². The molecule has 134 valence electrons. The Bertz CT molecular complexity index is 721. The molecule has 0 spiro atoms. The normalized spacial score (nSPS) is 14.3. The van der Waals surface area contributed by atoms with Gasteiger partial charge in [-0.15, -0.1) is 0 Å². The lowest BCUT2D eigenvalue weighted by atomic mass is 10.1. The maximum Gasteiger partial charge on any atom is 0.328 e. The summed E-state index contributed by atoms with van der Waals surface area (Å²) < 4.78 is 12.0. The van der Waals surface area contributed by atoms with Crippen molar-refractivity contribution in [1.29, 1.82) is 0 Å². The van der Waals surface area contributed by atoms with Crippen LogP contribution < -0.4 is 20.1 Å². The Labute approximate surface area is 153 Å². The van der Waals surface area contributed by atoms with Gasteiger partial charge in [0, 0.05) is 0 Å². The van der Waals surface area contributed by atoms with Crippen LogP contribution >= 0.6 is 15.9 Å². The molecule has 1 fully saturated rings. The summed E-state index contributed by atoms with van der Waals surface area (Å²) in [4.78, 5) is 34.8. The molecule has 1 aliphatic rings. The molecule has 25 heavy (non-hydrogen) atoms. The van der Waals surface area contributed by atoms with Gasteiger partial charge in [-0.2, -0.15) is 0 Å². The molecular formula is C17H19BrN2O5. The molecule has 7 nitrogen and oxygen atoms in total. The summed E-state index contributed by atoms with van der Waals surface area (Å²) in [5.74, 6) is -0.0937. The first kappa shape index (κ1) is 19.0. The highest BCUT2D eigenvalue weighted by Crippen LogP contribution is 2.37. The number of imide groups is 2. The number of ether oxygens (including phenoxy) is 2. The lowest BCUT2D eigenvalue weighted by Gasteiger charge is -2.17. The van der Waals surface area contributed by atoms with E-state index >= 15 is 0 Å². The lowest BCUT2D eigenvalue weighted by molar-refractivity contribution is -0.123. The summed E-state index contributed by atoms with van der Waals surface area (Å²) in [6, 6.07) is 2.55. The maximum atomic E-state index is 11.8. The molecule has 8 heteroatoms. The number of barbiturate groups is 1. The van der Waals surface area contributed by atoms with E-state index in [0.29, 0.717) is 40.7 Å². The van der Waals surface area contributed by atoms with Gasteiger partial charge in [0.2, 0.25) is 0 Å². The highest BCUT2D eigenvalue weighted by molar-refractivity contribution is 9.10. The Balaban J connectivity index is 2.39. The fourth-order valence-electron chi connectivity index (χ4n) is 2.10. The number of hydrogen-bond acceptors (Lipinski definition) is 5. The van der Waals surface area contributed by atoms with Crippen molar-refractivity contribution in [2.45, 2.75) is 20.8 Å². The first-order valence-corrected chi connectivity index (χ1v) is 8.58. The van der Waals surface area contributed by atoms with E-state index in [-0.39, 0.29) is 5.57 Å². The van der Waals surface area contributed by atoms with E-state index in [1.807, 2.05) is 31.4 Å². The minimum absolute atomic E-state index is 0.162. The third kappa shape index (κ3) is 4.82. The standard InChI is InChI=1S/C17H19BrN2O5/c1-4-24-13-7-10(6-12(18)14(13)25-8-9(2)3)5-11-15(21)19-17(23)20-16(11)22/h5-7,9H,4,8H2,1-3H3,(H2,19,20,21,22,23). The topological polar surface area (TPSA) is 93.7 Å². The molecule has 1 saturated heterocycles. The Hall–Kier alpha value is -2.35. The number of carbonyl (C=O) groups is 3. The van der Waals surface area contributed by atoms with E-state index in [1.54, 1.807) is 12.1 Å². The molecular weight excluding hydrogens is 392 g/mol. The van der Waals surface area contributed by atoms with Gasteiger partial charge in [-0.3, -0.25) is 20.2 Å². The SMILES string of the molecule is CCOc1cc(C=C2C(=O)NC(=O)NC2=O)cc(Br)c1OCC(C)C. The van der Waals surface area contributed by atoms with Gasteiger partial charge in [0.05, 0.1) is 17.7 Å². The summed E-state index contributed by atoms with van der Waals surface area (Å²) in [5, 5.41) is 4.07. The average Bonchev–Trinajstić information content (AvgIpc) is 2.50. The highest BCUT2D eigenvalue weighted by Gasteiger charge is 2.27. The molecule has 0 radical (unpaired) electrons. The number of rotatable bonds is 6. The van der Waals surface area contributed by atoms with Crippen molar-refractivity contribution in [3.8, 4) is 11.5 Å². The van der Waals surface area contributed by atoms with Crippen molar-refractivity contribution in [2.24, 2.45) is 5.92 Å². The van der Waals surface area contributed by atoms with Crippen molar-refractivity contribution >= 4 is 39.9 Å². The number of nitrogens with one attached hydrogen (secondary N) is 2. The fourth-order valence-corrected chi connectivity index (χ4v) is 2.67.